The highest BCUT2D eigenvalue weighted by Gasteiger charge is 2.44. The molecule has 5 rings (SSSR count). The number of hydrogen-bond donors (Lipinski definition) is 0. The van der Waals surface area contributed by atoms with Crippen molar-refractivity contribution < 1.29 is 4.42 Å². The summed E-state index contributed by atoms with van der Waals surface area (Å²) in [5.74, 6) is 2.10. The van der Waals surface area contributed by atoms with Gasteiger partial charge in [-0.1, -0.05) is 36.4 Å². The zero-order valence-corrected chi connectivity index (χ0v) is 16.9. The van der Waals surface area contributed by atoms with Crippen LogP contribution >= 0.6 is 0 Å². The molecule has 6 heteroatoms. The van der Waals surface area contributed by atoms with E-state index >= 15 is 0 Å². The number of benzene rings is 1. The van der Waals surface area contributed by atoms with Gasteiger partial charge in [0.2, 0.25) is 17.5 Å². The van der Waals surface area contributed by atoms with Crippen molar-refractivity contribution in [3.63, 3.8) is 0 Å². The zero-order chi connectivity index (χ0) is 20.3. The van der Waals surface area contributed by atoms with E-state index < -0.39 is 0 Å². The van der Waals surface area contributed by atoms with Crippen molar-refractivity contribution in [2.45, 2.75) is 24.7 Å². The van der Waals surface area contributed by atoms with Crippen molar-refractivity contribution in [3.8, 4) is 6.07 Å². The second-order valence-corrected chi connectivity index (χ2v) is 8.08. The number of aromatic nitrogens is 2. The fourth-order valence-corrected chi connectivity index (χ4v) is 4.30. The molecule has 3 heterocycles. The number of nitrogens with zero attached hydrogens (tertiary/aromatic N) is 5. The summed E-state index contributed by atoms with van der Waals surface area (Å²) in [5, 5.41) is 9.59. The molecule has 0 spiro atoms. The molecule has 2 fully saturated rings. The lowest BCUT2D eigenvalue weighted by Gasteiger charge is -2.34. The molecule has 0 radical (unpaired) electrons. The predicted molar refractivity (Wildman–Crippen MR) is 114 cm³/mol. The Hall–Kier alpha value is -3.17. The Kier molecular flexibility index (Phi) is 5.20. The molecule has 152 valence electrons. The molecule has 3 aromatic rings. The molecule has 30 heavy (non-hydrogen) atoms. The fraction of sp³-hybridized carbons (Fsp3) is 0.375. The van der Waals surface area contributed by atoms with Crippen LogP contribution in [-0.2, 0) is 6.42 Å². The van der Waals surface area contributed by atoms with Crippen molar-refractivity contribution in [3.05, 3.63) is 77.6 Å². The maximum atomic E-state index is 9.59. The van der Waals surface area contributed by atoms with Gasteiger partial charge in [0, 0.05) is 57.0 Å². The summed E-state index contributed by atoms with van der Waals surface area (Å²) >= 11 is 0. The quantitative estimate of drug-likeness (QED) is 0.631. The molecule has 6 nitrogen and oxygen atoms in total. The third-order valence-corrected chi connectivity index (χ3v) is 6.14. The highest BCUT2D eigenvalue weighted by molar-refractivity contribution is 5.49. The zero-order valence-electron chi connectivity index (χ0n) is 16.9. The van der Waals surface area contributed by atoms with Gasteiger partial charge in [0.25, 0.3) is 0 Å². The van der Waals surface area contributed by atoms with Crippen molar-refractivity contribution in [1.29, 1.82) is 5.26 Å². The summed E-state index contributed by atoms with van der Waals surface area (Å²) in [6.07, 6.45) is 3.84. The second kappa shape index (κ2) is 8.29. The minimum absolute atomic E-state index is 0.285. The third kappa shape index (κ3) is 3.94. The highest BCUT2D eigenvalue weighted by atomic mass is 16.4. The Bertz CT molecular complexity index is 1020. The van der Waals surface area contributed by atoms with E-state index in [1.165, 1.54) is 5.56 Å². The van der Waals surface area contributed by atoms with E-state index in [9.17, 15) is 5.26 Å². The molecule has 2 atom stereocenters. The molecule has 2 unspecified atom stereocenters. The number of pyridine rings is 1. The average Bonchev–Trinajstić information content (AvgIpc) is 3.50. The minimum atomic E-state index is 0.285. The van der Waals surface area contributed by atoms with E-state index in [1.54, 1.807) is 0 Å². The van der Waals surface area contributed by atoms with Crippen LogP contribution in [0.5, 0.6) is 0 Å². The number of hydrogen-bond acceptors (Lipinski definition) is 6. The number of piperazine rings is 1. The van der Waals surface area contributed by atoms with Gasteiger partial charge in [-0.05, 0) is 30.0 Å². The van der Waals surface area contributed by atoms with Crippen molar-refractivity contribution in [1.82, 2.24) is 14.9 Å². The van der Waals surface area contributed by atoms with Crippen molar-refractivity contribution in [2.24, 2.45) is 0 Å². The van der Waals surface area contributed by atoms with Gasteiger partial charge in [-0.2, -0.15) is 5.26 Å². The van der Waals surface area contributed by atoms with Crippen molar-refractivity contribution in [2.75, 3.05) is 37.6 Å². The first-order chi connectivity index (χ1) is 14.8. The van der Waals surface area contributed by atoms with Gasteiger partial charge < -0.3 is 9.32 Å². The summed E-state index contributed by atoms with van der Waals surface area (Å²) < 4.78 is 6.15. The van der Waals surface area contributed by atoms with Crippen LogP contribution in [0.2, 0.25) is 0 Å². The van der Waals surface area contributed by atoms with E-state index in [2.05, 4.69) is 56.2 Å². The first kappa shape index (κ1) is 18.8. The third-order valence-electron chi connectivity index (χ3n) is 6.14. The van der Waals surface area contributed by atoms with Crippen molar-refractivity contribution >= 4 is 5.88 Å². The minimum Gasteiger partial charge on any atom is -0.423 e. The summed E-state index contributed by atoms with van der Waals surface area (Å²) in [4.78, 5) is 13.6. The average molecular weight is 399 g/mol. The number of nitriles is 1. The molecule has 2 aliphatic rings. The molecular formula is C24H25N5O. The topological polar surface area (TPSA) is 69.2 Å². The molecule has 2 aromatic heterocycles. The van der Waals surface area contributed by atoms with Crippen LogP contribution in [-0.4, -0.2) is 47.6 Å². The Morgan fingerprint density at radius 1 is 1.00 bits per heavy atom. The van der Waals surface area contributed by atoms with Gasteiger partial charge in [-0.15, -0.1) is 0 Å². The fourth-order valence-electron chi connectivity index (χ4n) is 4.30. The van der Waals surface area contributed by atoms with Gasteiger partial charge in [0.15, 0.2) is 0 Å². The lowest BCUT2D eigenvalue weighted by molar-refractivity contribution is 0.255. The lowest BCUT2D eigenvalue weighted by Crippen LogP contribution is -2.47. The van der Waals surface area contributed by atoms with Gasteiger partial charge in [-0.25, -0.2) is 4.98 Å². The largest absolute Gasteiger partial charge is 0.423 e. The molecule has 0 bridgehead atoms. The molecule has 0 amide bonds. The Labute approximate surface area is 176 Å². The van der Waals surface area contributed by atoms with Crippen LogP contribution in [0, 0.1) is 11.3 Å². The maximum Gasteiger partial charge on any atom is 0.234 e. The Morgan fingerprint density at radius 2 is 1.80 bits per heavy atom. The van der Waals surface area contributed by atoms with Crippen LogP contribution in [0.3, 0.4) is 0 Å². The molecule has 1 aliphatic heterocycles. The van der Waals surface area contributed by atoms with E-state index in [0.717, 1.165) is 51.3 Å². The van der Waals surface area contributed by atoms with E-state index in [-0.39, 0.29) is 5.92 Å². The number of oxazole rings is 1. The highest BCUT2D eigenvalue weighted by Crippen LogP contribution is 2.54. The monoisotopic (exact) mass is 399 g/mol. The number of anilines is 1. The molecular weight excluding hydrogens is 374 g/mol. The second-order valence-electron chi connectivity index (χ2n) is 8.08. The van der Waals surface area contributed by atoms with E-state index in [4.69, 9.17) is 4.42 Å². The van der Waals surface area contributed by atoms with E-state index in [0.29, 0.717) is 23.4 Å². The van der Waals surface area contributed by atoms with Crippen LogP contribution in [0.4, 0.5) is 5.88 Å². The van der Waals surface area contributed by atoms with Gasteiger partial charge in [0.05, 0.1) is 0 Å². The van der Waals surface area contributed by atoms with Crippen LogP contribution in [0.25, 0.3) is 0 Å². The van der Waals surface area contributed by atoms with Gasteiger partial charge >= 0.3 is 0 Å². The summed E-state index contributed by atoms with van der Waals surface area (Å²) in [7, 11) is 0. The standard InChI is InChI=1S/C24H25N5O/c25-17-22-24(30-23(27-22)21-16-20(21)18-6-2-1-3-7-18)29-14-12-28(13-15-29)11-9-19-8-4-5-10-26-19/h1-8,10,20-21H,9,11-16H2. The molecule has 0 N–H and O–H groups in total. The predicted octanol–water partition coefficient (Wildman–Crippen LogP) is 3.58. The van der Waals surface area contributed by atoms with Crippen LogP contribution < -0.4 is 4.90 Å². The van der Waals surface area contributed by atoms with Crippen LogP contribution in [0.15, 0.2) is 59.1 Å². The summed E-state index contributed by atoms with van der Waals surface area (Å²) in [5.41, 5.74) is 2.87. The number of rotatable bonds is 6. The molecule has 1 saturated carbocycles. The van der Waals surface area contributed by atoms with Gasteiger partial charge in [0.1, 0.15) is 6.07 Å². The SMILES string of the molecule is N#Cc1nc(C2CC2c2ccccc2)oc1N1CCN(CCc2ccccn2)CC1. The Balaban J connectivity index is 1.20. The van der Waals surface area contributed by atoms with Crippen LogP contribution in [0.1, 0.15) is 41.1 Å². The normalized spacial score (nSPS) is 21.4. The lowest BCUT2D eigenvalue weighted by atomic mass is 10.1. The summed E-state index contributed by atoms with van der Waals surface area (Å²) in [6.45, 7) is 4.59. The molecule has 1 aromatic carbocycles. The van der Waals surface area contributed by atoms with Gasteiger partial charge in [-0.3, -0.25) is 9.88 Å². The molecule has 1 aliphatic carbocycles. The first-order valence-electron chi connectivity index (χ1n) is 10.6. The summed E-state index contributed by atoms with van der Waals surface area (Å²) in [6, 6.07) is 18.8. The molecule has 1 saturated heterocycles. The van der Waals surface area contributed by atoms with E-state index in [1.807, 2.05) is 24.4 Å². The maximum absolute atomic E-state index is 9.59. The smallest absolute Gasteiger partial charge is 0.234 e. The first-order valence-corrected chi connectivity index (χ1v) is 10.6. The Morgan fingerprint density at radius 3 is 2.53 bits per heavy atom.